The number of aliphatic hydroxyl groups excluding tert-OH is 2. The Balaban J connectivity index is 2.93. The summed E-state index contributed by atoms with van der Waals surface area (Å²) in [5.74, 6) is 0.972. The Bertz CT molecular complexity index is 256. The quantitative estimate of drug-likeness (QED) is 0.715. The molecular weight excluding hydrogens is 186 g/mol. The summed E-state index contributed by atoms with van der Waals surface area (Å²) in [6.07, 6.45) is 0. The van der Waals surface area contributed by atoms with Gasteiger partial charge in [0.05, 0.1) is 24.6 Å². The SMILES string of the molecule is CCSc1cc(CO)nc(CO)c1. The maximum Gasteiger partial charge on any atom is 0.0853 e. The summed E-state index contributed by atoms with van der Waals surface area (Å²) < 4.78 is 0. The average molecular weight is 199 g/mol. The van der Waals surface area contributed by atoms with Gasteiger partial charge in [-0.3, -0.25) is 4.98 Å². The normalized spacial score (nSPS) is 10.4. The van der Waals surface area contributed by atoms with Crippen molar-refractivity contribution in [1.82, 2.24) is 4.98 Å². The van der Waals surface area contributed by atoms with E-state index in [9.17, 15) is 0 Å². The largest absolute Gasteiger partial charge is 0.390 e. The Hall–Kier alpha value is -0.580. The van der Waals surface area contributed by atoms with Gasteiger partial charge in [-0.1, -0.05) is 6.92 Å². The van der Waals surface area contributed by atoms with Gasteiger partial charge >= 0.3 is 0 Å². The fourth-order valence-corrected chi connectivity index (χ4v) is 1.80. The molecule has 1 aromatic rings. The predicted octanol–water partition coefficient (Wildman–Crippen LogP) is 1.18. The Morgan fingerprint density at radius 2 is 1.77 bits per heavy atom. The van der Waals surface area contributed by atoms with Crippen molar-refractivity contribution in [3.63, 3.8) is 0 Å². The molecule has 0 atom stereocenters. The van der Waals surface area contributed by atoms with Crippen LogP contribution in [0.5, 0.6) is 0 Å². The Labute approximate surface area is 81.8 Å². The van der Waals surface area contributed by atoms with Crippen LogP contribution in [0, 0.1) is 0 Å². The van der Waals surface area contributed by atoms with E-state index in [1.54, 1.807) is 11.8 Å². The topological polar surface area (TPSA) is 53.4 Å². The van der Waals surface area contributed by atoms with E-state index < -0.39 is 0 Å². The minimum atomic E-state index is -0.0783. The molecule has 0 radical (unpaired) electrons. The summed E-state index contributed by atoms with van der Waals surface area (Å²) in [7, 11) is 0. The van der Waals surface area contributed by atoms with Crippen molar-refractivity contribution in [2.45, 2.75) is 25.0 Å². The number of hydrogen-bond acceptors (Lipinski definition) is 4. The first-order valence-electron chi connectivity index (χ1n) is 4.14. The number of pyridine rings is 1. The molecule has 3 nitrogen and oxygen atoms in total. The standard InChI is InChI=1S/C9H13NO2S/c1-2-13-9-3-7(5-11)10-8(4-9)6-12/h3-4,11-12H,2,5-6H2,1H3. The minimum Gasteiger partial charge on any atom is -0.390 e. The van der Waals surface area contributed by atoms with Crippen LogP contribution in [0.15, 0.2) is 17.0 Å². The van der Waals surface area contributed by atoms with E-state index in [2.05, 4.69) is 11.9 Å². The highest BCUT2D eigenvalue weighted by atomic mass is 32.2. The number of aromatic nitrogens is 1. The van der Waals surface area contributed by atoms with Crippen molar-refractivity contribution in [2.75, 3.05) is 5.75 Å². The van der Waals surface area contributed by atoms with Crippen molar-refractivity contribution in [2.24, 2.45) is 0 Å². The van der Waals surface area contributed by atoms with E-state index in [0.29, 0.717) is 11.4 Å². The van der Waals surface area contributed by atoms with Crippen LogP contribution < -0.4 is 0 Å². The maximum absolute atomic E-state index is 8.90. The van der Waals surface area contributed by atoms with E-state index in [0.717, 1.165) is 10.6 Å². The monoisotopic (exact) mass is 199 g/mol. The van der Waals surface area contributed by atoms with E-state index in [1.807, 2.05) is 12.1 Å². The summed E-state index contributed by atoms with van der Waals surface area (Å²) in [5, 5.41) is 17.8. The van der Waals surface area contributed by atoms with Crippen LogP contribution in [0.25, 0.3) is 0 Å². The van der Waals surface area contributed by atoms with E-state index in [1.165, 1.54) is 0 Å². The van der Waals surface area contributed by atoms with Gasteiger partial charge in [-0.2, -0.15) is 0 Å². The zero-order valence-electron chi connectivity index (χ0n) is 7.53. The summed E-state index contributed by atoms with van der Waals surface area (Å²) in [4.78, 5) is 5.09. The highest BCUT2D eigenvalue weighted by molar-refractivity contribution is 7.99. The first kappa shape index (κ1) is 10.5. The Kier molecular flexibility index (Phi) is 4.21. The molecule has 0 unspecified atom stereocenters. The molecule has 0 amide bonds. The fourth-order valence-electron chi connectivity index (χ4n) is 1.03. The second kappa shape index (κ2) is 5.21. The Morgan fingerprint density at radius 1 is 1.23 bits per heavy atom. The van der Waals surface area contributed by atoms with Gasteiger partial charge in [-0.15, -0.1) is 11.8 Å². The van der Waals surface area contributed by atoms with Crippen LogP contribution in [0.2, 0.25) is 0 Å². The van der Waals surface area contributed by atoms with Crippen LogP contribution in [-0.2, 0) is 13.2 Å². The number of nitrogens with zero attached hydrogens (tertiary/aromatic N) is 1. The highest BCUT2D eigenvalue weighted by Gasteiger charge is 2.01. The van der Waals surface area contributed by atoms with Crippen molar-refractivity contribution in [1.29, 1.82) is 0 Å². The lowest BCUT2D eigenvalue weighted by atomic mass is 10.3. The van der Waals surface area contributed by atoms with Crippen LogP contribution >= 0.6 is 11.8 Å². The third kappa shape index (κ3) is 2.99. The molecular formula is C9H13NO2S. The molecule has 1 heterocycles. The van der Waals surface area contributed by atoms with Crippen molar-refractivity contribution >= 4 is 11.8 Å². The van der Waals surface area contributed by atoms with Gasteiger partial charge in [0.1, 0.15) is 0 Å². The lowest BCUT2D eigenvalue weighted by Crippen LogP contribution is -1.96. The molecule has 0 aliphatic heterocycles. The summed E-state index contributed by atoms with van der Waals surface area (Å²) in [5.41, 5.74) is 1.23. The molecule has 1 aromatic heterocycles. The third-order valence-corrected chi connectivity index (χ3v) is 2.40. The van der Waals surface area contributed by atoms with E-state index in [4.69, 9.17) is 10.2 Å². The number of aliphatic hydroxyl groups is 2. The van der Waals surface area contributed by atoms with Crippen LogP contribution in [0.4, 0.5) is 0 Å². The molecule has 13 heavy (non-hydrogen) atoms. The molecule has 2 N–H and O–H groups in total. The fraction of sp³-hybridized carbons (Fsp3) is 0.444. The molecule has 0 spiro atoms. The smallest absolute Gasteiger partial charge is 0.0853 e. The van der Waals surface area contributed by atoms with Gasteiger partial charge in [-0.05, 0) is 17.9 Å². The first-order chi connectivity index (χ1) is 6.30. The Morgan fingerprint density at radius 3 is 2.15 bits per heavy atom. The first-order valence-corrected chi connectivity index (χ1v) is 5.13. The molecule has 0 bridgehead atoms. The molecule has 0 aliphatic rings. The molecule has 1 rings (SSSR count). The zero-order chi connectivity index (χ0) is 9.68. The average Bonchev–Trinajstić information content (AvgIpc) is 2.17. The van der Waals surface area contributed by atoms with Crippen LogP contribution in [0.3, 0.4) is 0 Å². The maximum atomic E-state index is 8.90. The summed E-state index contributed by atoms with van der Waals surface area (Å²) >= 11 is 1.67. The van der Waals surface area contributed by atoms with Gasteiger partial charge in [0, 0.05) is 4.90 Å². The molecule has 0 aliphatic carbocycles. The van der Waals surface area contributed by atoms with Crippen LogP contribution in [-0.4, -0.2) is 20.9 Å². The minimum absolute atomic E-state index is 0.0783. The van der Waals surface area contributed by atoms with Crippen molar-refractivity contribution in [3.05, 3.63) is 23.5 Å². The molecule has 72 valence electrons. The van der Waals surface area contributed by atoms with Gasteiger partial charge in [0.15, 0.2) is 0 Å². The molecule has 0 saturated heterocycles. The second-order valence-corrected chi connectivity index (χ2v) is 3.87. The second-order valence-electron chi connectivity index (χ2n) is 2.53. The third-order valence-electron chi connectivity index (χ3n) is 1.54. The van der Waals surface area contributed by atoms with E-state index in [-0.39, 0.29) is 13.2 Å². The van der Waals surface area contributed by atoms with Gasteiger partial charge in [0.2, 0.25) is 0 Å². The van der Waals surface area contributed by atoms with E-state index >= 15 is 0 Å². The predicted molar refractivity (Wildman–Crippen MR) is 52.5 cm³/mol. The van der Waals surface area contributed by atoms with Crippen LogP contribution in [0.1, 0.15) is 18.3 Å². The number of thioether (sulfide) groups is 1. The molecule has 0 fully saturated rings. The summed E-state index contributed by atoms with van der Waals surface area (Å²) in [6, 6.07) is 3.68. The highest BCUT2D eigenvalue weighted by Crippen LogP contribution is 2.19. The van der Waals surface area contributed by atoms with Gasteiger partial charge in [0.25, 0.3) is 0 Å². The number of rotatable bonds is 4. The number of hydrogen-bond donors (Lipinski definition) is 2. The summed E-state index contributed by atoms with van der Waals surface area (Å²) in [6.45, 7) is 1.90. The lowest BCUT2D eigenvalue weighted by Gasteiger charge is -2.04. The molecule has 0 aromatic carbocycles. The van der Waals surface area contributed by atoms with Crippen molar-refractivity contribution in [3.8, 4) is 0 Å². The van der Waals surface area contributed by atoms with Gasteiger partial charge in [-0.25, -0.2) is 0 Å². The van der Waals surface area contributed by atoms with Crippen molar-refractivity contribution < 1.29 is 10.2 Å². The molecule has 0 saturated carbocycles. The van der Waals surface area contributed by atoms with Gasteiger partial charge < -0.3 is 10.2 Å². The molecule has 4 heteroatoms. The lowest BCUT2D eigenvalue weighted by molar-refractivity contribution is 0.265. The zero-order valence-corrected chi connectivity index (χ0v) is 8.34.